The number of nitrogens with one attached hydrogen (secondary N) is 1. The van der Waals surface area contributed by atoms with Gasteiger partial charge in [-0.1, -0.05) is 46.3 Å². The first-order chi connectivity index (χ1) is 12.5. The molecule has 2 aliphatic rings. The number of hydrogen-bond acceptors (Lipinski definition) is 4. The molecule has 140 valence electrons. The zero-order chi connectivity index (χ0) is 18.7. The van der Waals surface area contributed by atoms with E-state index in [1.54, 1.807) is 0 Å². The summed E-state index contributed by atoms with van der Waals surface area (Å²) in [6.45, 7) is 0.0990. The molecule has 1 aromatic carbocycles. The molecular weight excluding hydrogens is 402 g/mol. The number of carbonyl (C=O) groups excluding carboxylic acids is 2. The number of ketones is 1. The maximum atomic E-state index is 12.7. The lowest BCUT2D eigenvalue weighted by Crippen LogP contribution is -2.51. The molecule has 7 heteroatoms. The summed E-state index contributed by atoms with van der Waals surface area (Å²) in [6, 6.07) is 8.41. The minimum absolute atomic E-state index is 0.00817. The maximum Gasteiger partial charge on any atom is 0.408 e. The lowest BCUT2D eigenvalue weighted by molar-refractivity contribution is -0.140. The van der Waals surface area contributed by atoms with E-state index in [1.807, 2.05) is 30.3 Å². The van der Waals surface area contributed by atoms with E-state index >= 15 is 0 Å². The van der Waals surface area contributed by atoms with Crippen LogP contribution in [0.2, 0.25) is 0 Å². The average molecular weight is 424 g/mol. The van der Waals surface area contributed by atoms with E-state index in [9.17, 15) is 14.4 Å². The number of alkyl halides is 1. The molecule has 0 radical (unpaired) electrons. The number of halogens is 1. The van der Waals surface area contributed by atoms with Gasteiger partial charge in [0.05, 0.1) is 6.04 Å². The van der Waals surface area contributed by atoms with Crippen molar-refractivity contribution in [2.45, 2.75) is 43.2 Å². The van der Waals surface area contributed by atoms with E-state index in [4.69, 9.17) is 9.84 Å². The molecule has 0 bridgehead atoms. The summed E-state index contributed by atoms with van der Waals surface area (Å²) in [7, 11) is 0. The summed E-state index contributed by atoms with van der Waals surface area (Å²) < 4.78 is 5.23. The van der Waals surface area contributed by atoms with Gasteiger partial charge in [-0.3, -0.25) is 9.59 Å². The van der Waals surface area contributed by atoms with Crippen LogP contribution in [-0.2, 0) is 20.9 Å². The largest absolute Gasteiger partial charge is 0.480 e. The maximum absolute atomic E-state index is 12.7. The molecule has 26 heavy (non-hydrogen) atoms. The lowest BCUT2D eigenvalue weighted by atomic mass is 9.86. The average Bonchev–Trinajstić information content (AvgIpc) is 3.53. The van der Waals surface area contributed by atoms with E-state index < -0.39 is 28.7 Å². The second-order valence-electron chi connectivity index (χ2n) is 7.04. The van der Waals surface area contributed by atoms with Crippen LogP contribution in [0.5, 0.6) is 0 Å². The van der Waals surface area contributed by atoms with Gasteiger partial charge in [0.15, 0.2) is 10.6 Å². The van der Waals surface area contributed by atoms with Gasteiger partial charge in [-0.2, -0.15) is 0 Å². The molecule has 1 unspecified atom stereocenters. The molecule has 3 rings (SSSR count). The zero-order valence-electron chi connectivity index (χ0n) is 14.3. The Kier molecular flexibility index (Phi) is 5.96. The topological polar surface area (TPSA) is 92.7 Å². The standard InChI is InChI=1S/C19H22BrNO5/c20-15(18(23)24)17(22)16(14(12-6-7-12)13-8-9-13)21-19(25)26-10-11-4-2-1-3-5-11/h1-5,12-16H,6-10H2,(H,21,25)(H,23,24)/t15?,16-/m0/s1. The third kappa shape index (κ3) is 4.84. The monoisotopic (exact) mass is 423 g/mol. The normalized spacial score (nSPS) is 18.8. The third-order valence-electron chi connectivity index (χ3n) is 4.98. The number of amides is 1. The van der Waals surface area contributed by atoms with Crippen LogP contribution in [0.1, 0.15) is 31.2 Å². The molecular formula is C19H22BrNO5. The Labute approximate surface area is 160 Å². The van der Waals surface area contributed by atoms with Crippen molar-refractivity contribution >= 4 is 33.8 Å². The summed E-state index contributed by atoms with van der Waals surface area (Å²) in [5.41, 5.74) is 0.843. The molecule has 1 amide bonds. The fourth-order valence-electron chi connectivity index (χ4n) is 3.42. The van der Waals surface area contributed by atoms with Crippen LogP contribution in [0.3, 0.4) is 0 Å². The Morgan fingerprint density at radius 1 is 1.12 bits per heavy atom. The van der Waals surface area contributed by atoms with Crippen molar-refractivity contribution in [3.8, 4) is 0 Å². The SMILES string of the molecule is O=C(N[C@H](C(=O)C(Br)C(=O)O)C(C1CC1)C1CC1)OCc1ccccc1. The first-order valence-electron chi connectivity index (χ1n) is 8.85. The summed E-state index contributed by atoms with van der Waals surface area (Å²) >= 11 is 2.94. The fraction of sp³-hybridized carbons (Fsp3) is 0.526. The summed E-state index contributed by atoms with van der Waals surface area (Å²) in [6.07, 6.45) is 3.39. The van der Waals surface area contributed by atoms with Gasteiger partial charge in [-0.05, 0) is 49.0 Å². The minimum Gasteiger partial charge on any atom is -0.480 e. The van der Waals surface area contributed by atoms with Crippen molar-refractivity contribution in [1.82, 2.24) is 5.32 Å². The Balaban J connectivity index is 1.67. The van der Waals surface area contributed by atoms with Crippen LogP contribution in [0.15, 0.2) is 30.3 Å². The van der Waals surface area contributed by atoms with Gasteiger partial charge in [-0.25, -0.2) is 4.79 Å². The van der Waals surface area contributed by atoms with Crippen LogP contribution in [-0.4, -0.2) is 33.8 Å². The first-order valence-corrected chi connectivity index (χ1v) is 9.76. The Morgan fingerprint density at radius 2 is 1.69 bits per heavy atom. The van der Waals surface area contributed by atoms with Crippen LogP contribution in [0, 0.1) is 17.8 Å². The predicted molar refractivity (Wildman–Crippen MR) is 97.8 cm³/mol. The van der Waals surface area contributed by atoms with Gasteiger partial charge in [0.25, 0.3) is 0 Å². The number of ether oxygens (including phenoxy) is 1. The number of carboxylic acids is 1. The number of hydrogen-bond donors (Lipinski definition) is 2. The quantitative estimate of drug-likeness (QED) is 0.470. The van der Waals surface area contributed by atoms with Crippen molar-refractivity contribution in [2.75, 3.05) is 0 Å². The number of carboxylic acid groups (broad SMARTS) is 1. The van der Waals surface area contributed by atoms with Crippen LogP contribution < -0.4 is 5.32 Å². The van der Waals surface area contributed by atoms with Crippen molar-refractivity contribution < 1.29 is 24.2 Å². The highest BCUT2D eigenvalue weighted by Gasteiger charge is 2.49. The Bertz CT molecular complexity index is 660. The molecule has 0 heterocycles. The molecule has 6 nitrogen and oxygen atoms in total. The van der Waals surface area contributed by atoms with E-state index in [2.05, 4.69) is 21.2 Å². The number of benzene rings is 1. The second-order valence-corrected chi connectivity index (χ2v) is 7.95. The highest BCUT2D eigenvalue weighted by Crippen LogP contribution is 2.51. The van der Waals surface area contributed by atoms with E-state index in [1.165, 1.54) is 0 Å². The molecule has 2 fully saturated rings. The predicted octanol–water partition coefficient (Wildman–Crippen LogP) is 3.13. The van der Waals surface area contributed by atoms with Crippen molar-refractivity contribution in [1.29, 1.82) is 0 Å². The molecule has 1 aromatic rings. The van der Waals surface area contributed by atoms with Gasteiger partial charge in [0.2, 0.25) is 0 Å². The number of alkyl carbamates (subject to hydrolysis) is 1. The number of rotatable bonds is 9. The zero-order valence-corrected chi connectivity index (χ0v) is 15.9. The van der Waals surface area contributed by atoms with Crippen LogP contribution >= 0.6 is 15.9 Å². The molecule has 2 atom stereocenters. The lowest BCUT2D eigenvalue weighted by Gasteiger charge is -2.27. The molecule has 0 saturated heterocycles. The van der Waals surface area contributed by atoms with Gasteiger partial charge in [0.1, 0.15) is 6.61 Å². The number of Topliss-reactive ketones (excluding diaryl/α,β-unsaturated/α-hetero) is 1. The van der Waals surface area contributed by atoms with Crippen molar-refractivity contribution in [2.24, 2.45) is 17.8 Å². The molecule has 2 N–H and O–H groups in total. The highest BCUT2D eigenvalue weighted by atomic mass is 79.9. The van der Waals surface area contributed by atoms with E-state index in [-0.39, 0.29) is 12.5 Å². The molecule has 0 aliphatic heterocycles. The molecule has 2 aliphatic carbocycles. The summed E-state index contributed by atoms with van der Waals surface area (Å²) in [4.78, 5) is 34.9. The number of aliphatic carboxylic acids is 1. The van der Waals surface area contributed by atoms with Crippen LogP contribution in [0.4, 0.5) is 4.79 Å². The van der Waals surface area contributed by atoms with Gasteiger partial charge >= 0.3 is 12.1 Å². The molecule has 0 spiro atoms. The van der Waals surface area contributed by atoms with E-state index in [0.29, 0.717) is 11.8 Å². The highest BCUT2D eigenvalue weighted by molar-refractivity contribution is 9.10. The van der Waals surface area contributed by atoms with E-state index in [0.717, 1.165) is 31.2 Å². The summed E-state index contributed by atoms with van der Waals surface area (Å²) in [5, 5.41) is 11.8. The van der Waals surface area contributed by atoms with Gasteiger partial charge in [-0.15, -0.1) is 0 Å². The number of carbonyl (C=O) groups is 3. The summed E-state index contributed by atoms with van der Waals surface area (Å²) in [5.74, 6) is -1.02. The van der Waals surface area contributed by atoms with Crippen molar-refractivity contribution in [3.05, 3.63) is 35.9 Å². The molecule has 2 saturated carbocycles. The third-order valence-corrected chi connectivity index (χ3v) is 5.82. The second kappa shape index (κ2) is 8.20. The van der Waals surface area contributed by atoms with Crippen molar-refractivity contribution in [3.63, 3.8) is 0 Å². The Morgan fingerprint density at radius 3 is 2.19 bits per heavy atom. The Hall–Kier alpha value is -1.89. The fourth-order valence-corrected chi connectivity index (χ4v) is 3.70. The minimum atomic E-state index is -1.33. The van der Waals surface area contributed by atoms with Gasteiger partial charge < -0.3 is 15.2 Å². The molecule has 0 aromatic heterocycles. The van der Waals surface area contributed by atoms with Gasteiger partial charge in [0, 0.05) is 0 Å². The first kappa shape index (κ1) is 18.9. The van der Waals surface area contributed by atoms with Crippen LogP contribution in [0.25, 0.3) is 0 Å². The smallest absolute Gasteiger partial charge is 0.408 e.